The molecule has 0 bridgehead atoms. The monoisotopic (exact) mass is 441 g/mol. The number of carbonyl (C=O) groups excluding carboxylic acids is 1. The molecular weight excluding hydrogens is 417 g/mol. The van der Waals surface area contributed by atoms with Gasteiger partial charge in [0.15, 0.2) is 0 Å². The van der Waals surface area contributed by atoms with Crippen molar-refractivity contribution >= 4 is 11.6 Å². The Kier molecular flexibility index (Phi) is 7.21. The Bertz CT molecular complexity index is 1180. The number of hydrogen-bond donors (Lipinski definition) is 2. The minimum Gasteiger partial charge on any atom is -0.497 e. The first-order valence-corrected chi connectivity index (χ1v) is 9.87. The Morgan fingerprint density at radius 3 is 2.50 bits per heavy atom. The van der Waals surface area contributed by atoms with Crippen molar-refractivity contribution in [1.29, 1.82) is 0 Å². The fourth-order valence-corrected chi connectivity index (χ4v) is 3.30. The van der Waals surface area contributed by atoms with E-state index in [1.165, 1.54) is 43.1 Å². The predicted molar refractivity (Wildman–Crippen MR) is 118 cm³/mol. The molecule has 2 aromatic carbocycles. The third kappa shape index (κ3) is 4.94. The summed E-state index contributed by atoms with van der Waals surface area (Å²) < 4.78 is 25.1. The van der Waals surface area contributed by atoms with Crippen molar-refractivity contribution in [1.82, 2.24) is 9.55 Å². The van der Waals surface area contributed by atoms with Crippen molar-refractivity contribution in [2.75, 3.05) is 26.1 Å². The van der Waals surface area contributed by atoms with Crippen molar-refractivity contribution < 1.29 is 23.8 Å². The van der Waals surface area contributed by atoms with E-state index in [2.05, 4.69) is 10.3 Å². The Morgan fingerprint density at radius 1 is 1.16 bits per heavy atom. The van der Waals surface area contributed by atoms with Crippen LogP contribution in [0.5, 0.6) is 11.5 Å². The summed E-state index contributed by atoms with van der Waals surface area (Å²) in [6, 6.07) is 10.4. The van der Waals surface area contributed by atoms with Crippen LogP contribution in [0.2, 0.25) is 0 Å². The van der Waals surface area contributed by atoms with Gasteiger partial charge in [0, 0.05) is 35.9 Å². The largest absolute Gasteiger partial charge is 0.497 e. The lowest BCUT2D eigenvalue weighted by molar-refractivity contribution is -0.116. The summed E-state index contributed by atoms with van der Waals surface area (Å²) in [5.41, 5.74) is 1.20. The van der Waals surface area contributed by atoms with E-state index in [9.17, 15) is 19.1 Å². The van der Waals surface area contributed by atoms with Gasteiger partial charge in [-0.15, -0.1) is 0 Å². The molecule has 0 aliphatic carbocycles. The summed E-state index contributed by atoms with van der Waals surface area (Å²) in [5, 5.41) is 12.1. The molecule has 1 heterocycles. The Hall–Kier alpha value is -3.72. The third-order valence-corrected chi connectivity index (χ3v) is 4.92. The van der Waals surface area contributed by atoms with E-state index >= 15 is 0 Å². The first-order valence-electron chi connectivity index (χ1n) is 9.87. The normalized spacial score (nSPS) is 10.7. The number of methoxy groups -OCH3 is 2. The smallest absolute Gasteiger partial charge is 0.257 e. The highest BCUT2D eigenvalue weighted by Gasteiger charge is 2.18. The highest BCUT2D eigenvalue weighted by atomic mass is 19.1. The number of anilines is 1. The van der Waals surface area contributed by atoms with Crippen LogP contribution in [0.15, 0.2) is 47.3 Å². The van der Waals surface area contributed by atoms with Gasteiger partial charge in [-0.3, -0.25) is 14.2 Å². The summed E-state index contributed by atoms with van der Waals surface area (Å²) in [6.45, 7) is 1.08. The van der Waals surface area contributed by atoms with E-state index < -0.39 is 17.3 Å². The van der Waals surface area contributed by atoms with Crippen molar-refractivity contribution in [3.05, 3.63) is 69.9 Å². The number of nitrogens with one attached hydrogen (secondary N) is 1. The molecule has 3 rings (SSSR count). The van der Waals surface area contributed by atoms with Crippen molar-refractivity contribution in [2.45, 2.75) is 19.9 Å². The number of halogens is 1. The minimum atomic E-state index is -0.487. The molecule has 0 radical (unpaired) electrons. The van der Waals surface area contributed by atoms with E-state index in [4.69, 9.17) is 9.47 Å². The highest BCUT2D eigenvalue weighted by molar-refractivity contribution is 5.92. The summed E-state index contributed by atoms with van der Waals surface area (Å²) in [5.74, 6) is 0.268. The SMILES string of the molecule is COc1ccc(NC(=O)Cn2c(-c3ccc(F)cc3)nc(C)c(CCO)c2=O)c(OC)c1. The molecule has 0 fully saturated rings. The van der Waals surface area contributed by atoms with E-state index in [0.717, 1.165) is 0 Å². The van der Waals surface area contributed by atoms with Gasteiger partial charge < -0.3 is 19.9 Å². The topological polar surface area (TPSA) is 103 Å². The Balaban J connectivity index is 2.00. The van der Waals surface area contributed by atoms with Crippen LogP contribution in [0.25, 0.3) is 11.4 Å². The molecule has 168 valence electrons. The minimum absolute atomic E-state index is 0.106. The van der Waals surface area contributed by atoms with Gasteiger partial charge in [0.05, 0.1) is 19.9 Å². The molecule has 2 N–H and O–H groups in total. The Morgan fingerprint density at radius 2 is 1.88 bits per heavy atom. The zero-order valence-corrected chi connectivity index (χ0v) is 18.0. The zero-order chi connectivity index (χ0) is 23.3. The molecule has 0 aliphatic heterocycles. The van der Waals surface area contributed by atoms with Crippen molar-refractivity contribution in [3.63, 3.8) is 0 Å². The molecule has 3 aromatic rings. The van der Waals surface area contributed by atoms with Gasteiger partial charge in [-0.25, -0.2) is 9.37 Å². The zero-order valence-electron chi connectivity index (χ0n) is 18.0. The number of rotatable bonds is 8. The van der Waals surface area contributed by atoms with Gasteiger partial charge >= 0.3 is 0 Å². The second kappa shape index (κ2) is 10.1. The fourth-order valence-electron chi connectivity index (χ4n) is 3.30. The second-order valence-electron chi connectivity index (χ2n) is 6.99. The lowest BCUT2D eigenvalue weighted by Crippen LogP contribution is -2.33. The van der Waals surface area contributed by atoms with Gasteiger partial charge in [0.2, 0.25) is 5.91 Å². The lowest BCUT2D eigenvalue weighted by atomic mass is 10.1. The van der Waals surface area contributed by atoms with E-state index in [1.54, 1.807) is 25.1 Å². The van der Waals surface area contributed by atoms with Crippen molar-refractivity contribution in [2.24, 2.45) is 0 Å². The average Bonchev–Trinajstić information content (AvgIpc) is 2.79. The molecule has 0 spiro atoms. The van der Waals surface area contributed by atoms with Crippen LogP contribution in [-0.4, -0.2) is 41.4 Å². The predicted octanol–water partition coefficient (Wildman–Crippen LogP) is 2.55. The Labute approximate surface area is 184 Å². The number of hydrogen-bond acceptors (Lipinski definition) is 6. The lowest BCUT2D eigenvalue weighted by Gasteiger charge is -2.16. The van der Waals surface area contributed by atoms with Crippen LogP contribution in [0.4, 0.5) is 10.1 Å². The average molecular weight is 441 g/mol. The quantitative estimate of drug-likeness (QED) is 0.557. The maximum absolute atomic E-state index is 13.4. The molecule has 8 nitrogen and oxygen atoms in total. The van der Waals surface area contributed by atoms with Gasteiger partial charge in [-0.2, -0.15) is 0 Å². The maximum Gasteiger partial charge on any atom is 0.257 e. The molecule has 1 amide bonds. The number of carbonyl (C=O) groups is 1. The van der Waals surface area contributed by atoms with Gasteiger partial charge in [0.1, 0.15) is 29.7 Å². The van der Waals surface area contributed by atoms with Gasteiger partial charge in [-0.1, -0.05) is 0 Å². The van der Waals surface area contributed by atoms with Crippen LogP contribution in [0.1, 0.15) is 11.3 Å². The molecule has 1 aromatic heterocycles. The molecule has 0 saturated heterocycles. The second-order valence-corrected chi connectivity index (χ2v) is 6.99. The maximum atomic E-state index is 13.4. The number of amides is 1. The van der Waals surface area contributed by atoms with Crippen LogP contribution in [0, 0.1) is 12.7 Å². The number of aliphatic hydroxyl groups excluding tert-OH is 1. The number of aromatic nitrogens is 2. The molecule has 9 heteroatoms. The van der Waals surface area contributed by atoms with E-state index in [1.807, 2.05) is 0 Å². The van der Waals surface area contributed by atoms with E-state index in [0.29, 0.717) is 34.0 Å². The van der Waals surface area contributed by atoms with Gasteiger partial charge in [0.25, 0.3) is 5.56 Å². The van der Waals surface area contributed by atoms with Crippen LogP contribution in [0.3, 0.4) is 0 Å². The van der Waals surface area contributed by atoms with Crippen molar-refractivity contribution in [3.8, 4) is 22.9 Å². The summed E-state index contributed by atoms with van der Waals surface area (Å²) in [6.07, 6.45) is 0.106. The number of ether oxygens (including phenoxy) is 2. The number of benzene rings is 2. The first kappa shape index (κ1) is 23.0. The number of aliphatic hydroxyl groups is 1. The summed E-state index contributed by atoms with van der Waals surface area (Å²) >= 11 is 0. The molecule has 0 aliphatic rings. The fraction of sp³-hybridized carbons (Fsp3) is 0.261. The van der Waals surface area contributed by atoms with Gasteiger partial charge in [-0.05, 0) is 43.3 Å². The molecule has 32 heavy (non-hydrogen) atoms. The summed E-state index contributed by atoms with van der Waals surface area (Å²) in [4.78, 5) is 30.5. The molecule has 0 saturated carbocycles. The van der Waals surface area contributed by atoms with Crippen LogP contribution < -0.4 is 20.3 Å². The van der Waals surface area contributed by atoms with E-state index in [-0.39, 0.29) is 25.4 Å². The van der Waals surface area contributed by atoms with Crippen LogP contribution >= 0.6 is 0 Å². The van der Waals surface area contributed by atoms with Crippen LogP contribution in [-0.2, 0) is 17.8 Å². The highest BCUT2D eigenvalue weighted by Crippen LogP contribution is 2.29. The number of aryl methyl sites for hydroxylation is 1. The first-order chi connectivity index (χ1) is 15.4. The third-order valence-electron chi connectivity index (χ3n) is 4.92. The summed E-state index contributed by atoms with van der Waals surface area (Å²) in [7, 11) is 2.98. The standard InChI is InChI=1S/C23H24FN3O5/c1-14-18(10-11-28)23(30)27(22(25-14)15-4-6-16(24)7-5-15)13-21(29)26-19-9-8-17(31-2)12-20(19)32-3/h4-9,12,28H,10-11,13H2,1-3H3,(H,26,29). The molecule has 0 unspecified atom stereocenters. The molecular formula is C23H24FN3O5. The number of nitrogens with zero attached hydrogens (tertiary/aromatic N) is 2. The molecule has 0 atom stereocenters.